The van der Waals surface area contributed by atoms with Gasteiger partial charge in [-0.2, -0.15) is 5.10 Å². The summed E-state index contributed by atoms with van der Waals surface area (Å²) >= 11 is 3.38. The Labute approximate surface area is 165 Å². The molecular weight excluding hydrogens is 406 g/mol. The Bertz CT molecular complexity index is 1050. The van der Waals surface area contributed by atoms with Crippen LogP contribution in [0, 0.1) is 13.8 Å². The molecule has 5 nitrogen and oxygen atoms in total. The Balaban J connectivity index is 1.82. The number of aryl methyl sites for hydroxylation is 2. The fraction of sp³-hybridized carbons (Fsp3) is 0.190. The first kappa shape index (κ1) is 17.7. The first-order valence-corrected chi connectivity index (χ1v) is 9.49. The van der Waals surface area contributed by atoms with Crippen LogP contribution in [-0.4, -0.2) is 21.5 Å². The van der Waals surface area contributed by atoms with E-state index in [1.165, 1.54) is 0 Å². The molecule has 0 fully saturated rings. The lowest BCUT2D eigenvalue weighted by Crippen LogP contribution is -2.28. The number of carbonyl (C=O) groups excluding carboxylic acids is 2. The van der Waals surface area contributed by atoms with Gasteiger partial charge in [0.05, 0.1) is 17.3 Å². The van der Waals surface area contributed by atoms with Crippen molar-refractivity contribution in [3.8, 4) is 5.69 Å². The minimum atomic E-state index is -0.534. The first-order valence-electron chi connectivity index (χ1n) is 8.70. The van der Waals surface area contributed by atoms with Gasteiger partial charge in [-0.15, -0.1) is 0 Å². The van der Waals surface area contributed by atoms with Crippen LogP contribution in [0.1, 0.15) is 39.5 Å². The Morgan fingerprint density at radius 1 is 1.19 bits per heavy atom. The van der Waals surface area contributed by atoms with E-state index in [-0.39, 0.29) is 18.1 Å². The van der Waals surface area contributed by atoms with E-state index in [1.54, 1.807) is 16.8 Å². The summed E-state index contributed by atoms with van der Waals surface area (Å²) in [4.78, 5) is 25.5. The van der Waals surface area contributed by atoms with Gasteiger partial charge in [0.15, 0.2) is 5.78 Å². The van der Waals surface area contributed by atoms with E-state index in [1.807, 2.05) is 50.2 Å². The normalized spacial score (nSPS) is 16.0. The van der Waals surface area contributed by atoms with Gasteiger partial charge in [0.25, 0.3) is 0 Å². The number of rotatable bonds is 3. The molecular formula is C21H18BrN3O2. The van der Waals surface area contributed by atoms with Crippen molar-refractivity contribution in [2.45, 2.75) is 26.2 Å². The summed E-state index contributed by atoms with van der Waals surface area (Å²) < 4.78 is 2.63. The van der Waals surface area contributed by atoms with E-state index in [4.69, 9.17) is 0 Å². The van der Waals surface area contributed by atoms with E-state index in [0.717, 1.165) is 27.0 Å². The van der Waals surface area contributed by atoms with Gasteiger partial charge >= 0.3 is 0 Å². The van der Waals surface area contributed by atoms with Gasteiger partial charge in [-0.05, 0) is 43.7 Å². The predicted octanol–water partition coefficient (Wildman–Crippen LogP) is 4.56. The Morgan fingerprint density at radius 2 is 1.93 bits per heavy atom. The van der Waals surface area contributed by atoms with E-state index >= 15 is 0 Å². The molecule has 1 aliphatic rings. The van der Waals surface area contributed by atoms with Crippen LogP contribution in [0.2, 0.25) is 0 Å². The molecule has 1 aliphatic heterocycles. The van der Waals surface area contributed by atoms with Gasteiger partial charge in [0, 0.05) is 22.0 Å². The van der Waals surface area contributed by atoms with Crippen molar-refractivity contribution in [2.75, 3.05) is 5.32 Å². The van der Waals surface area contributed by atoms with Crippen LogP contribution in [0.4, 0.5) is 5.82 Å². The predicted molar refractivity (Wildman–Crippen MR) is 107 cm³/mol. The van der Waals surface area contributed by atoms with Crippen molar-refractivity contribution >= 4 is 33.4 Å². The van der Waals surface area contributed by atoms with E-state index in [0.29, 0.717) is 11.4 Å². The van der Waals surface area contributed by atoms with Crippen molar-refractivity contribution < 1.29 is 9.59 Å². The van der Waals surface area contributed by atoms with Crippen molar-refractivity contribution in [2.24, 2.45) is 0 Å². The molecule has 0 bridgehead atoms. The maximum Gasteiger partial charge on any atom is 0.226 e. The molecule has 0 aliphatic carbocycles. The average Bonchev–Trinajstić information content (AvgIpc) is 2.97. The van der Waals surface area contributed by atoms with Gasteiger partial charge in [0.1, 0.15) is 5.82 Å². The van der Waals surface area contributed by atoms with Crippen LogP contribution >= 0.6 is 15.9 Å². The number of halogens is 1. The van der Waals surface area contributed by atoms with Gasteiger partial charge < -0.3 is 5.32 Å². The number of carbonyl (C=O) groups is 2. The molecule has 2 heterocycles. The van der Waals surface area contributed by atoms with Crippen LogP contribution in [0.15, 0.2) is 53.0 Å². The molecule has 136 valence electrons. The smallest absolute Gasteiger partial charge is 0.226 e. The zero-order valence-corrected chi connectivity index (χ0v) is 16.6. The molecule has 0 radical (unpaired) electrons. The molecule has 4 rings (SSSR count). The Kier molecular flexibility index (Phi) is 4.44. The summed E-state index contributed by atoms with van der Waals surface area (Å²) in [6.07, 6.45) is 0.127. The number of ketones is 1. The fourth-order valence-electron chi connectivity index (χ4n) is 3.53. The number of Topliss-reactive ketones (excluding diaryl/α,β-unsaturated/α-hetero) is 1. The molecule has 0 spiro atoms. The standard InChI is InChI=1S/C21H18BrN3O2/c1-12-4-3-5-16(10-12)25-21-19(13(2)24-25)17(11-18(26)23-21)20(27)14-6-8-15(22)9-7-14/h3-10,17H,11H2,1-2H3,(H,23,26)/t17-/m0/s1. The number of hydrogen-bond acceptors (Lipinski definition) is 3. The lowest BCUT2D eigenvalue weighted by Gasteiger charge is -2.23. The van der Waals surface area contributed by atoms with Gasteiger partial charge in [-0.25, -0.2) is 4.68 Å². The minimum absolute atomic E-state index is 0.0644. The summed E-state index contributed by atoms with van der Waals surface area (Å²) in [6.45, 7) is 3.88. The molecule has 27 heavy (non-hydrogen) atoms. The molecule has 1 amide bonds. The van der Waals surface area contributed by atoms with Crippen molar-refractivity contribution in [1.29, 1.82) is 0 Å². The molecule has 1 N–H and O–H groups in total. The summed E-state index contributed by atoms with van der Waals surface area (Å²) in [5, 5.41) is 7.54. The van der Waals surface area contributed by atoms with Crippen molar-refractivity contribution in [3.63, 3.8) is 0 Å². The van der Waals surface area contributed by atoms with E-state index in [2.05, 4.69) is 26.3 Å². The summed E-state index contributed by atoms with van der Waals surface area (Å²) in [6, 6.07) is 15.1. The summed E-state index contributed by atoms with van der Waals surface area (Å²) in [5.74, 6) is -0.185. The lowest BCUT2D eigenvalue weighted by molar-refractivity contribution is -0.116. The van der Waals surface area contributed by atoms with E-state index in [9.17, 15) is 9.59 Å². The lowest BCUT2D eigenvalue weighted by atomic mass is 9.85. The second-order valence-corrected chi connectivity index (χ2v) is 7.69. The highest BCUT2D eigenvalue weighted by Gasteiger charge is 2.36. The third-order valence-corrected chi connectivity index (χ3v) is 5.32. The average molecular weight is 424 g/mol. The van der Waals surface area contributed by atoms with Gasteiger partial charge in [-0.3, -0.25) is 9.59 Å². The van der Waals surface area contributed by atoms with Crippen LogP contribution in [0.3, 0.4) is 0 Å². The number of anilines is 1. The quantitative estimate of drug-likeness (QED) is 0.627. The minimum Gasteiger partial charge on any atom is -0.310 e. The Morgan fingerprint density at radius 3 is 2.63 bits per heavy atom. The van der Waals surface area contributed by atoms with Crippen LogP contribution in [-0.2, 0) is 4.79 Å². The molecule has 6 heteroatoms. The number of aromatic nitrogens is 2. The molecule has 0 saturated heterocycles. The number of nitrogens with one attached hydrogen (secondary N) is 1. The Hall–Kier alpha value is -2.73. The molecule has 0 unspecified atom stereocenters. The van der Waals surface area contributed by atoms with Crippen LogP contribution < -0.4 is 5.32 Å². The summed E-state index contributed by atoms with van der Waals surface area (Å²) in [7, 11) is 0. The second-order valence-electron chi connectivity index (χ2n) is 6.77. The number of nitrogens with zero attached hydrogens (tertiary/aromatic N) is 2. The van der Waals surface area contributed by atoms with E-state index < -0.39 is 5.92 Å². The maximum atomic E-state index is 13.1. The van der Waals surface area contributed by atoms with Crippen molar-refractivity contribution in [1.82, 2.24) is 9.78 Å². The zero-order chi connectivity index (χ0) is 19.1. The number of benzene rings is 2. The van der Waals surface area contributed by atoms with Crippen LogP contribution in [0.5, 0.6) is 0 Å². The highest BCUT2D eigenvalue weighted by Crippen LogP contribution is 2.38. The maximum absolute atomic E-state index is 13.1. The SMILES string of the molecule is Cc1cccc(-n2nc(C)c3c2NC(=O)C[C@@H]3C(=O)c2ccc(Br)cc2)c1. The topological polar surface area (TPSA) is 64.0 Å². The van der Waals surface area contributed by atoms with Gasteiger partial charge in [0.2, 0.25) is 5.91 Å². The number of amides is 1. The number of fused-ring (bicyclic) bond motifs is 1. The third kappa shape index (κ3) is 3.21. The zero-order valence-electron chi connectivity index (χ0n) is 15.0. The highest BCUT2D eigenvalue weighted by molar-refractivity contribution is 9.10. The third-order valence-electron chi connectivity index (χ3n) is 4.79. The molecule has 2 aromatic carbocycles. The largest absolute Gasteiger partial charge is 0.310 e. The highest BCUT2D eigenvalue weighted by atomic mass is 79.9. The second kappa shape index (κ2) is 6.78. The summed E-state index contributed by atoms with van der Waals surface area (Å²) in [5.41, 5.74) is 4.09. The molecule has 1 atom stereocenters. The monoisotopic (exact) mass is 423 g/mol. The molecule has 1 aromatic heterocycles. The number of hydrogen-bond donors (Lipinski definition) is 1. The molecule has 0 saturated carbocycles. The first-order chi connectivity index (χ1) is 12.9. The fourth-order valence-corrected chi connectivity index (χ4v) is 3.80. The van der Waals surface area contributed by atoms with Crippen LogP contribution in [0.25, 0.3) is 5.69 Å². The van der Waals surface area contributed by atoms with Gasteiger partial charge in [-0.1, -0.05) is 40.2 Å². The molecule has 3 aromatic rings. The van der Waals surface area contributed by atoms with Crippen molar-refractivity contribution in [3.05, 3.63) is 75.4 Å².